The van der Waals surface area contributed by atoms with Crippen LogP contribution in [-0.2, 0) is 0 Å². The molecule has 24 heavy (non-hydrogen) atoms. The summed E-state index contributed by atoms with van der Waals surface area (Å²) in [5, 5.41) is 2.88. The van der Waals surface area contributed by atoms with Gasteiger partial charge in [-0.25, -0.2) is 4.39 Å². The molecule has 1 fully saturated rings. The smallest absolute Gasteiger partial charge is 0.251 e. The molecule has 1 aliphatic heterocycles. The maximum absolute atomic E-state index is 14.4. The third kappa shape index (κ3) is 6.17. The third-order valence-electron chi connectivity index (χ3n) is 4.55. The van der Waals surface area contributed by atoms with Crippen LogP contribution < -0.4 is 5.32 Å². The number of benzene rings is 1. The van der Waals surface area contributed by atoms with Crippen molar-refractivity contribution in [3.05, 3.63) is 34.3 Å². The lowest BCUT2D eigenvalue weighted by Crippen LogP contribution is -2.46. The molecule has 2 atom stereocenters. The predicted molar refractivity (Wildman–Crippen MR) is 100.0 cm³/mol. The maximum Gasteiger partial charge on any atom is 0.251 e. The van der Waals surface area contributed by atoms with Crippen LogP contribution in [0.25, 0.3) is 0 Å². The number of rotatable bonds is 5. The van der Waals surface area contributed by atoms with E-state index in [0.29, 0.717) is 18.7 Å². The molecule has 0 aliphatic carbocycles. The summed E-state index contributed by atoms with van der Waals surface area (Å²) in [5.74, 6) is -0.231. The van der Waals surface area contributed by atoms with E-state index < -0.39 is 6.17 Å². The molecule has 134 valence electrons. The Morgan fingerprint density at radius 1 is 1.42 bits per heavy atom. The summed E-state index contributed by atoms with van der Waals surface area (Å²) in [4.78, 5) is 14.4. The van der Waals surface area contributed by atoms with Crippen molar-refractivity contribution < 1.29 is 9.18 Å². The van der Waals surface area contributed by atoms with E-state index in [1.807, 2.05) is 12.1 Å². The highest BCUT2D eigenvalue weighted by Crippen LogP contribution is 2.24. The Balaban J connectivity index is 1.77. The molecule has 5 heteroatoms. The minimum Gasteiger partial charge on any atom is -0.352 e. The number of amides is 1. The summed E-state index contributed by atoms with van der Waals surface area (Å²) in [6.45, 7) is 9.38. The lowest BCUT2D eigenvalue weighted by molar-refractivity contribution is 0.0724. The van der Waals surface area contributed by atoms with Gasteiger partial charge in [0, 0.05) is 29.0 Å². The molecule has 1 amide bonds. The zero-order valence-electron chi connectivity index (χ0n) is 14.8. The minimum atomic E-state index is -0.874. The Kier molecular flexibility index (Phi) is 6.81. The van der Waals surface area contributed by atoms with Gasteiger partial charge < -0.3 is 10.2 Å². The summed E-state index contributed by atoms with van der Waals surface area (Å²) >= 11 is 3.36. The van der Waals surface area contributed by atoms with Crippen LogP contribution in [0, 0.1) is 11.3 Å². The number of carbonyl (C=O) groups excluding carboxylic acids is 1. The Hall–Kier alpha value is -0.940. The van der Waals surface area contributed by atoms with Gasteiger partial charge in [0.15, 0.2) is 0 Å². The molecule has 0 aromatic heterocycles. The molecule has 1 aromatic rings. The van der Waals surface area contributed by atoms with Crippen LogP contribution in [0.1, 0.15) is 44.0 Å². The lowest BCUT2D eigenvalue weighted by Gasteiger charge is -2.36. The molecular weight excluding hydrogens is 371 g/mol. The van der Waals surface area contributed by atoms with Gasteiger partial charge in [-0.1, -0.05) is 42.8 Å². The molecule has 1 N–H and O–H groups in total. The predicted octanol–water partition coefficient (Wildman–Crippen LogP) is 4.28. The minimum absolute atomic E-state index is 0.0908. The van der Waals surface area contributed by atoms with E-state index in [2.05, 4.69) is 46.9 Å². The Labute approximate surface area is 153 Å². The van der Waals surface area contributed by atoms with Gasteiger partial charge in [0.25, 0.3) is 5.91 Å². The first kappa shape index (κ1) is 19.4. The summed E-state index contributed by atoms with van der Waals surface area (Å²) in [6.07, 6.45) is 0.996. The molecule has 1 aliphatic rings. The van der Waals surface area contributed by atoms with Crippen LogP contribution in [0.3, 0.4) is 0 Å². The summed E-state index contributed by atoms with van der Waals surface area (Å²) in [7, 11) is 0. The van der Waals surface area contributed by atoms with E-state index in [1.54, 1.807) is 12.1 Å². The molecule has 0 spiro atoms. The Bertz CT molecular complexity index is 559. The summed E-state index contributed by atoms with van der Waals surface area (Å²) < 4.78 is 15.3. The highest BCUT2D eigenvalue weighted by Gasteiger charge is 2.29. The van der Waals surface area contributed by atoms with Crippen LogP contribution in [0.15, 0.2) is 28.7 Å². The molecule has 0 radical (unpaired) electrons. The Morgan fingerprint density at radius 3 is 2.79 bits per heavy atom. The number of carbonyl (C=O) groups is 1. The van der Waals surface area contributed by atoms with E-state index in [1.165, 1.54) is 0 Å². The van der Waals surface area contributed by atoms with Gasteiger partial charge in [0.1, 0.15) is 6.17 Å². The molecule has 0 saturated carbocycles. The first-order valence-electron chi connectivity index (χ1n) is 8.65. The van der Waals surface area contributed by atoms with E-state index in [9.17, 15) is 9.18 Å². The summed E-state index contributed by atoms with van der Waals surface area (Å²) in [5.41, 5.74) is 0.878. The first-order chi connectivity index (χ1) is 11.2. The van der Waals surface area contributed by atoms with Gasteiger partial charge in [-0.15, -0.1) is 0 Å². The van der Waals surface area contributed by atoms with Crippen LogP contribution in [0.4, 0.5) is 4.39 Å². The zero-order valence-corrected chi connectivity index (χ0v) is 16.4. The average molecular weight is 399 g/mol. The van der Waals surface area contributed by atoms with Crippen molar-refractivity contribution in [1.29, 1.82) is 0 Å². The monoisotopic (exact) mass is 398 g/mol. The van der Waals surface area contributed by atoms with Crippen LogP contribution in [0.2, 0.25) is 0 Å². The van der Waals surface area contributed by atoms with Crippen molar-refractivity contribution >= 4 is 21.8 Å². The van der Waals surface area contributed by atoms with Crippen molar-refractivity contribution in [2.45, 2.75) is 39.8 Å². The van der Waals surface area contributed by atoms with Crippen LogP contribution in [-0.4, -0.2) is 43.2 Å². The summed E-state index contributed by atoms with van der Waals surface area (Å²) in [6, 6.07) is 7.24. The van der Waals surface area contributed by atoms with E-state index in [-0.39, 0.29) is 17.2 Å². The molecule has 1 aromatic carbocycles. The number of likely N-dealkylation sites (tertiary alicyclic amines) is 1. The van der Waals surface area contributed by atoms with E-state index in [4.69, 9.17) is 0 Å². The third-order valence-corrected chi connectivity index (χ3v) is 5.04. The molecule has 1 saturated heterocycles. The van der Waals surface area contributed by atoms with Crippen molar-refractivity contribution in [3.63, 3.8) is 0 Å². The van der Waals surface area contributed by atoms with Crippen molar-refractivity contribution in [1.82, 2.24) is 10.2 Å². The standard InChI is InChI=1S/C19H28BrFN2O/c1-19(2,3)8-10-23-9-7-15(17(21)13-23)12-22-18(24)14-5-4-6-16(20)11-14/h4-6,11,15,17H,7-10,12-13H2,1-3H3,(H,22,24). The van der Waals surface area contributed by atoms with Crippen molar-refractivity contribution in [2.24, 2.45) is 11.3 Å². The molecule has 2 unspecified atom stereocenters. The normalized spacial score (nSPS) is 22.4. The zero-order chi connectivity index (χ0) is 17.7. The number of hydrogen-bond acceptors (Lipinski definition) is 2. The lowest BCUT2D eigenvalue weighted by atomic mass is 9.90. The number of nitrogens with zero attached hydrogens (tertiary/aromatic N) is 1. The number of halogens is 2. The maximum atomic E-state index is 14.4. The topological polar surface area (TPSA) is 32.3 Å². The molecule has 3 nitrogen and oxygen atoms in total. The second kappa shape index (κ2) is 8.43. The number of alkyl halides is 1. The molecule has 2 rings (SSSR count). The largest absolute Gasteiger partial charge is 0.352 e. The molecule has 1 heterocycles. The van der Waals surface area contributed by atoms with E-state index >= 15 is 0 Å². The van der Waals surface area contributed by atoms with Gasteiger partial charge in [0.2, 0.25) is 0 Å². The van der Waals surface area contributed by atoms with Gasteiger partial charge in [-0.3, -0.25) is 4.79 Å². The highest BCUT2D eigenvalue weighted by atomic mass is 79.9. The Morgan fingerprint density at radius 2 is 2.17 bits per heavy atom. The fraction of sp³-hybridized carbons (Fsp3) is 0.632. The van der Waals surface area contributed by atoms with Crippen LogP contribution in [0.5, 0.6) is 0 Å². The SMILES string of the molecule is CC(C)(C)CCN1CCC(CNC(=O)c2cccc(Br)c2)C(F)C1. The quantitative estimate of drug-likeness (QED) is 0.802. The van der Waals surface area contributed by atoms with Gasteiger partial charge in [-0.2, -0.15) is 0 Å². The highest BCUT2D eigenvalue weighted by molar-refractivity contribution is 9.10. The van der Waals surface area contributed by atoms with E-state index in [0.717, 1.165) is 30.4 Å². The van der Waals surface area contributed by atoms with Crippen LogP contribution >= 0.6 is 15.9 Å². The first-order valence-corrected chi connectivity index (χ1v) is 9.44. The second-order valence-corrected chi connectivity index (χ2v) is 8.81. The number of nitrogens with one attached hydrogen (secondary N) is 1. The molecule has 0 bridgehead atoms. The number of piperidine rings is 1. The van der Waals surface area contributed by atoms with Crippen molar-refractivity contribution in [3.8, 4) is 0 Å². The molecular formula is C19H28BrFN2O. The number of hydrogen-bond donors (Lipinski definition) is 1. The second-order valence-electron chi connectivity index (χ2n) is 7.90. The fourth-order valence-electron chi connectivity index (χ4n) is 2.90. The average Bonchev–Trinajstić information content (AvgIpc) is 2.51. The van der Waals surface area contributed by atoms with Crippen molar-refractivity contribution in [2.75, 3.05) is 26.2 Å². The fourth-order valence-corrected chi connectivity index (χ4v) is 3.30. The van der Waals surface area contributed by atoms with Gasteiger partial charge in [0.05, 0.1) is 0 Å². The van der Waals surface area contributed by atoms with Gasteiger partial charge in [-0.05, 0) is 49.5 Å². The van der Waals surface area contributed by atoms with Gasteiger partial charge >= 0.3 is 0 Å².